The Labute approximate surface area is 181 Å². The van der Waals surface area contributed by atoms with Gasteiger partial charge in [0.1, 0.15) is 6.04 Å². The molecule has 1 amide bonds. The molecule has 1 N–H and O–H groups in total. The van der Waals surface area contributed by atoms with Crippen LogP contribution in [0, 0.1) is 6.92 Å². The molecule has 0 spiro atoms. The number of amides is 1. The van der Waals surface area contributed by atoms with Crippen LogP contribution in [0.15, 0.2) is 97.6 Å². The lowest BCUT2D eigenvalue weighted by Crippen LogP contribution is -2.43. The number of aromatic nitrogens is 2. The van der Waals surface area contributed by atoms with Crippen molar-refractivity contribution in [2.45, 2.75) is 19.5 Å². The van der Waals surface area contributed by atoms with E-state index in [2.05, 4.69) is 10.3 Å². The van der Waals surface area contributed by atoms with Crippen LogP contribution in [0.5, 0.6) is 0 Å². The first-order valence-electron chi connectivity index (χ1n) is 10.1. The second-order valence-corrected chi connectivity index (χ2v) is 7.46. The minimum Gasteiger partial charge on any atom is -0.340 e. The molecule has 5 heteroatoms. The van der Waals surface area contributed by atoms with E-state index in [1.807, 2.05) is 61.5 Å². The fourth-order valence-electron chi connectivity index (χ4n) is 3.40. The van der Waals surface area contributed by atoms with Gasteiger partial charge in [-0.3, -0.25) is 9.59 Å². The number of aryl methyl sites for hydroxylation is 1. The van der Waals surface area contributed by atoms with Crippen LogP contribution in [0.4, 0.5) is 0 Å². The molecule has 0 saturated carbocycles. The number of carbonyl (C=O) groups is 2. The van der Waals surface area contributed by atoms with E-state index in [4.69, 9.17) is 0 Å². The summed E-state index contributed by atoms with van der Waals surface area (Å²) < 4.78 is 1.79. The molecule has 154 valence electrons. The summed E-state index contributed by atoms with van der Waals surface area (Å²) >= 11 is 0. The maximum atomic E-state index is 13.1. The summed E-state index contributed by atoms with van der Waals surface area (Å²) in [7, 11) is 0. The van der Waals surface area contributed by atoms with Crippen LogP contribution in [-0.2, 0) is 6.54 Å². The minimum absolute atomic E-state index is 0.136. The number of carbonyl (C=O) groups excluding carboxylic acids is 2. The number of nitrogens with zero attached hydrogens (tertiary/aromatic N) is 2. The highest BCUT2D eigenvalue weighted by Gasteiger charge is 2.23. The molecule has 0 aliphatic heterocycles. The monoisotopic (exact) mass is 409 g/mol. The highest BCUT2D eigenvalue weighted by Crippen LogP contribution is 2.19. The largest absolute Gasteiger partial charge is 0.340 e. The molecule has 0 bridgehead atoms. The Hall–Kier alpha value is -3.99. The molecule has 0 fully saturated rings. The smallest absolute Gasteiger partial charge is 0.251 e. The zero-order valence-electron chi connectivity index (χ0n) is 17.2. The van der Waals surface area contributed by atoms with Crippen LogP contribution in [0.2, 0.25) is 0 Å². The van der Waals surface area contributed by atoms with E-state index in [9.17, 15) is 9.59 Å². The minimum atomic E-state index is -0.710. The molecule has 0 aliphatic carbocycles. The Morgan fingerprint density at radius 1 is 0.871 bits per heavy atom. The van der Waals surface area contributed by atoms with Crippen LogP contribution >= 0.6 is 0 Å². The second-order valence-electron chi connectivity index (χ2n) is 7.46. The fraction of sp³-hybridized carbons (Fsp3) is 0.115. The van der Waals surface area contributed by atoms with E-state index in [0.717, 1.165) is 16.7 Å². The highest BCUT2D eigenvalue weighted by atomic mass is 16.2. The maximum Gasteiger partial charge on any atom is 0.251 e. The van der Waals surface area contributed by atoms with Crippen molar-refractivity contribution in [3.05, 3.63) is 114 Å². The highest BCUT2D eigenvalue weighted by molar-refractivity contribution is 6.04. The third-order valence-electron chi connectivity index (χ3n) is 5.16. The van der Waals surface area contributed by atoms with Gasteiger partial charge in [-0.15, -0.1) is 0 Å². The van der Waals surface area contributed by atoms with Gasteiger partial charge in [0.25, 0.3) is 5.91 Å². The van der Waals surface area contributed by atoms with E-state index in [-0.39, 0.29) is 11.7 Å². The second kappa shape index (κ2) is 9.22. The lowest BCUT2D eigenvalue weighted by Gasteiger charge is -2.19. The number of benzene rings is 3. The molecular weight excluding hydrogens is 386 g/mol. The maximum absolute atomic E-state index is 13.1. The summed E-state index contributed by atoms with van der Waals surface area (Å²) in [6.45, 7) is 2.28. The van der Waals surface area contributed by atoms with Crippen LogP contribution in [0.25, 0.3) is 11.1 Å². The van der Waals surface area contributed by atoms with Crippen molar-refractivity contribution in [2.24, 2.45) is 0 Å². The quantitative estimate of drug-likeness (QED) is 0.456. The molecule has 1 unspecified atom stereocenters. The fourth-order valence-corrected chi connectivity index (χ4v) is 3.40. The molecular formula is C26H23N3O2. The average Bonchev–Trinajstić information content (AvgIpc) is 3.32. The average molecular weight is 409 g/mol. The van der Waals surface area contributed by atoms with Gasteiger partial charge in [0.2, 0.25) is 0 Å². The normalized spacial score (nSPS) is 11.6. The molecule has 1 aromatic heterocycles. The van der Waals surface area contributed by atoms with Crippen molar-refractivity contribution in [1.29, 1.82) is 0 Å². The van der Waals surface area contributed by atoms with Gasteiger partial charge in [-0.05, 0) is 30.2 Å². The van der Waals surface area contributed by atoms with Crippen LogP contribution in [0.3, 0.4) is 0 Å². The van der Waals surface area contributed by atoms with Crippen molar-refractivity contribution in [1.82, 2.24) is 14.9 Å². The van der Waals surface area contributed by atoms with Crippen molar-refractivity contribution in [2.75, 3.05) is 0 Å². The van der Waals surface area contributed by atoms with Gasteiger partial charge in [-0.2, -0.15) is 0 Å². The summed E-state index contributed by atoms with van der Waals surface area (Å²) in [4.78, 5) is 30.1. The van der Waals surface area contributed by atoms with E-state index >= 15 is 0 Å². The van der Waals surface area contributed by atoms with E-state index in [1.165, 1.54) is 0 Å². The van der Waals surface area contributed by atoms with Gasteiger partial charge in [-0.1, -0.05) is 72.3 Å². The van der Waals surface area contributed by atoms with Gasteiger partial charge in [-0.25, -0.2) is 4.98 Å². The van der Waals surface area contributed by atoms with E-state index in [0.29, 0.717) is 17.7 Å². The standard InChI is InChI=1S/C26H23N3O2/c1-19-7-9-22(10-8-19)25(30)24(17-29-16-15-27-18-29)28-26(31)23-13-11-21(12-14-23)20-5-3-2-4-6-20/h2-16,18,24H,17H2,1H3,(H,28,31). The van der Waals surface area contributed by atoms with Gasteiger partial charge in [0.15, 0.2) is 5.78 Å². The molecule has 31 heavy (non-hydrogen) atoms. The van der Waals surface area contributed by atoms with Crippen molar-refractivity contribution in [3.63, 3.8) is 0 Å². The number of Topliss-reactive ketones (excluding diaryl/α,β-unsaturated/α-hetero) is 1. The molecule has 0 saturated heterocycles. The summed E-state index contributed by atoms with van der Waals surface area (Å²) in [5.74, 6) is -0.423. The Kier molecular flexibility index (Phi) is 6.03. The first-order chi connectivity index (χ1) is 15.1. The van der Waals surface area contributed by atoms with Crippen LogP contribution in [-0.4, -0.2) is 27.3 Å². The lowest BCUT2D eigenvalue weighted by atomic mass is 10.0. The first kappa shape index (κ1) is 20.3. The number of hydrogen-bond acceptors (Lipinski definition) is 3. The number of nitrogens with one attached hydrogen (secondary N) is 1. The molecule has 5 nitrogen and oxygen atoms in total. The van der Waals surface area contributed by atoms with Crippen molar-refractivity contribution in [3.8, 4) is 11.1 Å². The molecule has 0 aliphatic rings. The lowest BCUT2D eigenvalue weighted by molar-refractivity contribution is 0.0847. The Morgan fingerprint density at radius 3 is 2.16 bits per heavy atom. The zero-order chi connectivity index (χ0) is 21.6. The number of ketones is 1. The van der Waals surface area contributed by atoms with Gasteiger partial charge in [0, 0.05) is 23.5 Å². The predicted molar refractivity (Wildman–Crippen MR) is 121 cm³/mol. The molecule has 4 aromatic rings. The summed E-state index contributed by atoms with van der Waals surface area (Å²) in [5.41, 5.74) is 4.26. The topological polar surface area (TPSA) is 64.0 Å². The zero-order valence-corrected chi connectivity index (χ0v) is 17.2. The van der Waals surface area contributed by atoms with E-state index in [1.54, 1.807) is 47.6 Å². The molecule has 4 rings (SSSR count). The van der Waals surface area contributed by atoms with Gasteiger partial charge in [0.05, 0.1) is 12.9 Å². The SMILES string of the molecule is Cc1ccc(C(=O)C(Cn2ccnc2)NC(=O)c2ccc(-c3ccccc3)cc2)cc1. The molecule has 0 radical (unpaired) electrons. The molecule has 1 atom stereocenters. The predicted octanol–water partition coefficient (Wildman–Crippen LogP) is 4.54. The van der Waals surface area contributed by atoms with E-state index < -0.39 is 6.04 Å². The Morgan fingerprint density at radius 2 is 1.52 bits per heavy atom. The van der Waals surface area contributed by atoms with Crippen molar-refractivity contribution < 1.29 is 9.59 Å². The summed E-state index contributed by atoms with van der Waals surface area (Å²) in [5, 5.41) is 2.91. The number of rotatable bonds is 7. The molecule has 3 aromatic carbocycles. The van der Waals surface area contributed by atoms with Crippen LogP contribution in [0.1, 0.15) is 26.3 Å². The number of hydrogen-bond donors (Lipinski definition) is 1. The van der Waals surface area contributed by atoms with Crippen LogP contribution < -0.4 is 5.32 Å². The summed E-state index contributed by atoms with van der Waals surface area (Å²) in [6, 6.07) is 24.0. The Balaban J connectivity index is 1.53. The van der Waals surface area contributed by atoms with Gasteiger partial charge < -0.3 is 9.88 Å². The number of imidazole rings is 1. The van der Waals surface area contributed by atoms with Gasteiger partial charge >= 0.3 is 0 Å². The third kappa shape index (κ3) is 4.95. The molecule has 1 heterocycles. The van der Waals surface area contributed by atoms with Crippen molar-refractivity contribution >= 4 is 11.7 Å². The first-order valence-corrected chi connectivity index (χ1v) is 10.1. The third-order valence-corrected chi connectivity index (χ3v) is 5.16. The Bertz CT molecular complexity index is 1150. The summed E-state index contributed by atoms with van der Waals surface area (Å²) in [6.07, 6.45) is 5.06.